The fraction of sp³-hybridized carbons (Fsp3) is 0.412. The molecule has 124 valence electrons. The van der Waals surface area contributed by atoms with Crippen molar-refractivity contribution < 1.29 is 9.53 Å². The van der Waals surface area contributed by atoms with Gasteiger partial charge in [-0.15, -0.1) is 0 Å². The van der Waals surface area contributed by atoms with Gasteiger partial charge < -0.3 is 19.9 Å². The first kappa shape index (κ1) is 16.9. The lowest BCUT2D eigenvalue weighted by Crippen LogP contribution is -2.47. The summed E-state index contributed by atoms with van der Waals surface area (Å²) in [6.07, 6.45) is 5.37. The second-order valence-corrected chi connectivity index (χ2v) is 6.48. The number of amides is 2. The number of urea groups is 1. The molecule has 1 heterocycles. The summed E-state index contributed by atoms with van der Waals surface area (Å²) in [7, 11) is 1.58. The first-order chi connectivity index (χ1) is 10.9. The SMILES string of the molecule is COc1ccccc1NC(=O)N[C@@H](Cn1ccnc1)C(C)(C)C. The second kappa shape index (κ2) is 7.17. The minimum Gasteiger partial charge on any atom is -0.495 e. The van der Waals surface area contributed by atoms with Crippen molar-refractivity contribution in [2.24, 2.45) is 5.41 Å². The van der Waals surface area contributed by atoms with E-state index in [0.717, 1.165) is 0 Å². The zero-order chi connectivity index (χ0) is 16.9. The Bertz CT molecular complexity index is 632. The zero-order valence-corrected chi connectivity index (χ0v) is 14.0. The van der Waals surface area contributed by atoms with E-state index in [0.29, 0.717) is 18.0 Å². The Morgan fingerprint density at radius 3 is 2.70 bits per heavy atom. The van der Waals surface area contributed by atoms with E-state index in [-0.39, 0.29) is 17.5 Å². The van der Waals surface area contributed by atoms with Gasteiger partial charge in [0.15, 0.2) is 0 Å². The van der Waals surface area contributed by atoms with Crippen molar-refractivity contribution in [1.82, 2.24) is 14.9 Å². The van der Waals surface area contributed by atoms with Gasteiger partial charge in [-0.2, -0.15) is 0 Å². The van der Waals surface area contributed by atoms with Gasteiger partial charge in [-0.05, 0) is 17.5 Å². The van der Waals surface area contributed by atoms with Crippen LogP contribution in [0.5, 0.6) is 5.75 Å². The quantitative estimate of drug-likeness (QED) is 0.890. The maximum Gasteiger partial charge on any atom is 0.319 e. The molecular formula is C17H24N4O2. The number of carbonyl (C=O) groups is 1. The van der Waals surface area contributed by atoms with Gasteiger partial charge in [-0.3, -0.25) is 0 Å². The average molecular weight is 316 g/mol. The van der Waals surface area contributed by atoms with Crippen LogP contribution < -0.4 is 15.4 Å². The lowest BCUT2D eigenvalue weighted by atomic mass is 9.86. The van der Waals surface area contributed by atoms with Crippen LogP contribution in [0.15, 0.2) is 43.0 Å². The molecule has 0 aliphatic heterocycles. The van der Waals surface area contributed by atoms with Gasteiger partial charge >= 0.3 is 6.03 Å². The third-order valence-electron chi connectivity index (χ3n) is 3.66. The lowest BCUT2D eigenvalue weighted by molar-refractivity contribution is 0.218. The third kappa shape index (κ3) is 4.74. The molecule has 0 fully saturated rings. The van der Waals surface area contributed by atoms with Crippen molar-refractivity contribution in [3.63, 3.8) is 0 Å². The summed E-state index contributed by atoms with van der Waals surface area (Å²) in [6, 6.07) is 7.02. The number of methoxy groups -OCH3 is 1. The molecule has 1 atom stereocenters. The summed E-state index contributed by atoms with van der Waals surface area (Å²) in [5.74, 6) is 0.629. The summed E-state index contributed by atoms with van der Waals surface area (Å²) in [5, 5.41) is 5.88. The van der Waals surface area contributed by atoms with Crippen molar-refractivity contribution in [3.8, 4) is 5.75 Å². The number of hydrogen-bond donors (Lipinski definition) is 2. The van der Waals surface area contributed by atoms with Gasteiger partial charge in [0.1, 0.15) is 5.75 Å². The van der Waals surface area contributed by atoms with E-state index in [1.54, 1.807) is 25.7 Å². The van der Waals surface area contributed by atoms with E-state index in [1.807, 2.05) is 29.0 Å². The monoisotopic (exact) mass is 316 g/mol. The molecule has 2 amide bonds. The number of hydrogen-bond acceptors (Lipinski definition) is 3. The van der Waals surface area contributed by atoms with Gasteiger partial charge in [-0.1, -0.05) is 32.9 Å². The largest absolute Gasteiger partial charge is 0.495 e. The number of anilines is 1. The standard InChI is InChI=1S/C17H24N4O2/c1-17(2,3)15(11-21-10-9-18-12-21)20-16(22)19-13-7-5-6-8-14(13)23-4/h5-10,12,15H,11H2,1-4H3,(H2,19,20,22)/t15-/m0/s1. The number of aromatic nitrogens is 2. The smallest absolute Gasteiger partial charge is 0.319 e. The number of para-hydroxylation sites is 2. The minimum atomic E-state index is -0.255. The second-order valence-electron chi connectivity index (χ2n) is 6.48. The predicted octanol–water partition coefficient (Wildman–Crippen LogP) is 3.13. The van der Waals surface area contributed by atoms with Crippen LogP contribution in [0.2, 0.25) is 0 Å². The molecule has 0 bridgehead atoms. The van der Waals surface area contributed by atoms with E-state index in [9.17, 15) is 4.79 Å². The summed E-state index contributed by atoms with van der Waals surface area (Å²) in [5.41, 5.74) is 0.547. The van der Waals surface area contributed by atoms with Crippen LogP contribution in [-0.2, 0) is 6.54 Å². The van der Waals surface area contributed by atoms with Crippen LogP contribution in [0.3, 0.4) is 0 Å². The minimum absolute atomic E-state index is 0.0496. The number of ether oxygens (including phenoxy) is 1. The number of nitrogens with zero attached hydrogens (tertiary/aromatic N) is 2. The van der Waals surface area contributed by atoms with E-state index >= 15 is 0 Å². The Balaban J connectivity index is 2.05. The Hall–Kier alpha value is -2.50. The fourth-order valence-corrected chi connectivity index (χ4v) is 2.21. The van der Waals surface area contributed by atoms with Crippen molar-refractivity contribution in [2.75, 3.05) is 12.4 Å². The van der Waals surface area contributed by atoms with Crippen LogP contribution in [0.25, 0.3) is 0 Å². The summed E-state index contributed by atoms with van der Waals surface area (Å²) >= 11 is 0. The van der Waals surface area contributed by atoms with Crippen molar-refractivity contribution >= 4 is 11.7 Å². The summed E-state index contributed by atoms with van der Waals surface area (Å²) in [4.78, 5) is 16.4. The van der Waals surface area contributed by atoms with Crippen LogP contribution in [0.4, 0.5) is 10.5 Å². The fourth-order valence-electron chi connectivity index (χ4n) is 2.21. The van der Waals surface area contributed by atoms with Crippen molar-refractivity contribution in [3.05, 3.63) is 43.0 Å². The van der Waals surface area contributed by atoms with E-state index in [2.05, 4.69) is 36.4 Å². The summed E-state index contributed by atoms with van der Waals surface area (Å²) in [6.45, 7) is 6.94. The average Bonchev–Trinajstić information content (AvgIpc) is 2.99. The molecule has 0 radical (unpaired) electrons. The summed E-state index contributed by atoms with van der Waals surface area (Å²) < 4.78 is 7.21. The van der Waals surface area contributed by atoms with Crippen molar-refractivity contribution in [2.45, 2.75) is 33.4 Å². The first-order valence-electron chi connectivity index (χ1n) is 7.56. The van der Waals surface area contributed by atoms with Crippen LogP contribution >= 0.6 is 0 Å². The molecule has 0 aliphatic rings. The van der Waals surface area contributed by atoms with Crippen molar-refractivity contribution in [1.29, 1.82) is 0 Å². The molecule has 6 heteroatoms. The third-order valence-corrected chi connectivity index (χ3v) is 3.66. The van der Waals surface area contributed by atoms with Crippen LogP contribution in [-0.4, -0.2) is 28.7 Å². The Kier molecular flexibility index (Phi) is 5.26. The highest BCUT2D eigenvalue weighted by atomic mass is 16.5. The molecule has 0 saturated heterocycles. The molecule has 2 rings (SSSR count). The maximum atomic E-state index is 12.4. The predicted molar refractivity (Wildman–Crippen MR) is 90.6 cm³/mol. The van der Waals surface area contributed by atoms with Gasteiger partial charge in [0.25, 0.3) is 0 Å². The van der Waals surface area contributed by atoms with Crippen LogP contribution in [0, 0.1) is 5.41 Å². The number of rotatable bonds is 5. The highest BCUT2D eigenvalue weighted by Crippen LogP contribution is 2.24. The number of nitrogens with one attached hydrogen (secondary N) is 2. The topological polar surface area (TPSA) is 68.2 Å². The molecule has 0 unspecified atom stereocenters. The molecule has 2 N–H and O–H groups in total. The Labute approximate surface area is 136 Å². The van der Waals surface area contributed by atoms with E-state index < -0.39 is 0 Å². The Morgan fingerprint density at radius 1 is 1.35 bits per heavy atom. The molecule has 0 aliphatic carbocycles. The van der Waals surface area contributed by atoms with E-state index in [1.165, 1.54) is 0 Å². The van der Waals surface area contributed by atoms with Gasteiger partial charge in [0.05, 0.1) is 25.2 Å². The number of imidazole rings is 1. The van der Waals surface area contributed by atoms with Gasteiger partial charge in [-0.25, -0.2) is 9.78 Å². The molecule has 2 aromatic rings. The molecule has 1 aromatic heterocycles. The zero-order valence-electron chi connectivity index (χ0n) is 14.0. The number of benzene rings is 1. The van der Waals surface area contributed by atoms with Crippen LogP contribution in [0.1, 0.15) is 20.8 Å². The molecule has 6 nitrogen and oxygen atoms in total. The maximum absolute atomic E-state index is 12.4. The molecule has 23 heavy (non-hydrogen) atoms. The molecule has 0 spiro atoms. The molecule has 1 aromatic carbocycles. The Morgan fingerprint density at radius 2 is 2.09 bits per heavy atom. The highest BCUT2D eigenvalue weighted by Gasteiger charge is 2.26. The molecular weight excluding hydrogens is 292 g/mol. The molecule has 0 saturated carbocycles. The first-order valence-corrected chi connectivity index (χ1v) is 7.56. The number of carbonyl (C=O) groups excluding carboxylic acids is 1. The highest BCUT2D eigenvalue weighted by molar-refractivity contribution is 5.91. The van der Waals surface area contributed by atoms with E-state index in [4.69, 9.17) is 4.74 Å². The lowest BCUT2D eigenvalue weighted by Gasteiger charge is -2.31. The van der Waals surface area contributed by atoms with Gasteiger partial charge in [0.2, 0.25) is 0 Å². The normalized spacial score (nSPS) is 12.5. The van der Waals surface area contributed by atoms with Gasteiger partial charge in [0, 0.05) is 18.9 Å².